The number of hydrogen-bond donors (Lipinski definition) is 4. The van der Waals surface area contributed by atoms with E-state index in [1.165, 1.54) is 0 Å². The molecule has 7 N–H and O–H groups in total. The highest BCUT2D eigenvalue weighted by atomic mass is 16.3. The Bertz CT molecular complexity index is 778. The average Bonchev–Trinajstić information content (AvgIpc) is 2.58. The van der Waals surface area contributed by atoms with Gasteiger partial charge in [-0.05, 0) is 31.0 Å². The van der Waals surface area contributed by atoms with E-state index < -0.39 is 0 Å². The number of rotatable bonds is 3. The molecule has 7 nitrogen and oxygen atoms in total. The summed E-state index contributed by atoms with van der Waals surface area (Å²) in [5.74, 6) is -0.192. The molecule has 1 aliphatic heterocycles. The molecule has 1 amide bonds. The van der Waals surface area contributed by atoms with E-state index in [1.807, 2.05) is 11.0 Å². The third-order valence-corrected chi connectivity index (χ3v) is 4.41. The Hall–Kier alpha value is -2.96. The number of hydrogen-bond acceptors (Lipinski definition) is 6. The molecule has 0 bridgehead atoms. The van der Waals surface area contributed by atoms with Crippen molar-refractivity contribution in [2.75, 3.05) is 29.5 Å². The first kappa shape index (κ1) is 15.9. The number of carbonyl (C=O) groups excluding carboxylic acids is 1. The average molecular weight is 327 g/mol. The zero-order valence-electron chi connectivity index (χ0n) is 13.3. The fraction of sp³-hybridized carbons (Fsp3) is 0.294. The maximum absolute atomic E-state index is 11.5. The number of primary amides is 1. The molecule has 0 aliphatic carbocycles. The molecule has 2 aromatic rings. The highest BCUT2D eigenvalue weighted by molar-refractivity contribution is 5.84. The van der Waals surface area contributed by atoms with Gasteiger partial charge in [0.25, 0.3) is 0 Å². The molecule has 7 heteroatoms. The molecule has 1 aromatic carbocycles. The molecule has 24 heavy (non-hydrogen) atoms. The van der Waals surface area contributed by atoms with Crippen molar-refractivity contribution >= 4 is 23.1 Å². The number of phenols is 1. The highest BCUT2D eigenvalue weighted by Crippen LogP contribution is 2.36. The van der Waals surface area contributed by atoms with Gasteiger partial charge in [-0.2, -0.15) is 0 Å². The van der Waals surface area contributed by atoms with Crippen LogP contribution in [0.15, 0.2) is 30.3 Å². The molecule has 0 saturated carbocycles. The van der Waals surface area contributed by atoms with E-state index in [9.17, 15) is 9.90 Å². The smallest absolute Gasteiger partial charge is 0.222 e. The molecule has 1 saturated heterocycles. The van der Waals surface area contributed by atoms with E-state index >= 15 is 0 Å². The molecule has 2 heterocycles. The quantitative estimate of drug-likeness (QED) is 0.672. The topological polar surface area (TPSA) is 131 Å². The van der Waals surface area contributed by atoms with E-state index in [1.54, 1.807) is 24.3 Å². The van der Waals surface area contributed by atoms with Gasteiger partial charge in [-0.3, -0.25) is 4.79 Å². The normalized spacial score (nSPS) is 17.7. The third kappa shape index (κ3) is 2.92. The van der Waals surface area contributed by atoms with Crippen molar-refractivity contribution in [3.63, 3.8) is 0 Å². The number of carbonyl (C=O) groups is 1. The molecule has 3 rings (SSSR count). The molecule has 1 aliphatic rings. The minimum absolute atomic E-state index is 0.119. The number of piperidine rings is 1. The van der Waals surface area contributed by atoms with Gasteiger partial charge >= 0.3 is 0 Å². The molecular formula is C17H21N5O2. The monoisotopic (exact) mass is 327 g/mol. The zero-order chi connectivity index (χ0) is 17.3. The molecule has 0 radical (unpaired) electrons. The summed E-state index contributed by atoms with van der Waals surface area (Å²) in [6, 6.07) is 8.70. The van der Waals surface area contributed by atoms with E-state index in [-0.39, 0.29) is 23.4 Å². The number of phenolic OH excluding ortho intramolecular Hbond substituents is 1. The highest BCUT2D eigenvalue weighted by Gasteiger charge is 2.26. The summed E-state index contributed by atoms with van der Waals surface area (Å²) in [5.41, 5.74) is 19.7. The molecule has 1 unspecified atom stereocenters. The number of aromatic hydroxyl groups is 1. The second-order valence-electron chi connectivity index (χ2n) is 6.03. The Kier molecular flexibility index (Phi) is 4.16. The van der Waals surface area contributed by atoms with Gasteiger partial charge in [0.15, 0.2) is 0 Å². The van der Waals surface area contributed by atoms with Crippen molar-refractivity contribution in [1.29, 1.82) is 0 Å². The number of nitrogen functional groups attached to an aromatic ring is 2. The first-order valence-electron chi connectivity index (χ1n) is 7.86. The van der Waals surface area contributed by atoms with Crippen LogP contribution < -0.4 is 22.1 Å². The lowest BCUT2D eigenvalue weighted by molar-refractivity contribution is -0.122. The molecule has 1 atom stereocenters. The number of nitrogens with zero attached hydrogens (tertiary/aromatic N) is 2. The summed E-state index contributed by atoms with van der Waals surface area (Å²) in [6.07, 6.45) is 1.62. The second kappa shape index (κ2) is 6.27. The maximum atomic E-state index is 11.5. The Labute approximate surface area is 140 Å². The lowest BCUT2D eigenvalue weighted by Crippen LogP contribution is -2.41. The molecule has 1 fully saturated rings. The second-order valence-corrected chi connectivity index (χ2v) is 6.03. The number of amides is 1. The number of pyridine rings is 1. The van der Waals surface area contributed by atoms with Crippen LogP contribution in [0.3, 0.4) is 0 Å². The summed E-state index contributed by atoms with van der Waals surface area (Å²) in [5, 5.41) is 10.1. The number of benzene rings is 1. The maximum Gasteiger partial charge on any atom is 0.222 e. The van der Waals surface area contributed by atoms with E-state index in [0.29, 0.717) is 29.2 Å². The van der Waals surface area contributed by atoms with E-state index in [4.69, 9.17) is 17.2 Å². The van der Waals surface area contributed by atoms with Crippen molar-refractivity contribution < 1.29 is 9.90 Å². The van der Waals surface area contributed by atoms with Crippen molar-refractivity contribution in [3.05, 3.63) is 30.3 Å². The van der Waals surface area contributed by atoms with Gasteiger partial charge in [0, 0.05) is 18.7 Å². The minimum atomic E-state index is -0.304. The standard InChI is InChI=1S/C17H21N5O2/c18-15-13(22-7-3-4-10(9-22)17(20)24)8-12(21-16(15)19)11-5-1-2-6-14(11)23/h1-2,5-6,8,10,23H,3-4,7,9,18H2,(H2,19,21)(H2,20,24). The summed E-state index contributed by atoms with van der Waals surface area (Å²) in [6.45, 7) is 1.26. The molecule has 126 valence electrons. The molecular weight excluding hydrogens is 306 g/mol. The van der Waals surface area contributed by atoms with Crippen LogP contribution in [-0.4, -0.2) is 29.1 Å². The summed E-state index contributed by atoms with van der Waals surface area (Å²) >= 11 is 0. The van der Waals surface area contributed by atoms with Gasteiger partial charge in [0.1, 0.15) is 11.6 Å². The van der Waals surface area contributed by atoms with Gasteiger partial charge in [-0.25, -0.2) is 4.98 Å². The van der Waals surface area contributed by atoms with Gasteiger partial charge in [0.2, 0.25) is 5.91 Å². The van der Waals surface area contributed by atoms with Gasteiger partial charge in [-0.1, -0.05) is 12.1 Å². The summed E-state index contributed by atoms with van der Waals surface area (Å²) < 4.78 is 0. The van der Waals surface area contributed by atoms with Gasteiger partial charge in [0.05, 0.1) is 23.0 Å². The molecule has 0 spiro atoms. The number of para-hydroxylation sites is 1. The van der Waals surface area contributed by atoms with Crippen LogP contribution in [0.1, 0.15) is 12.8 Å². The zero-order valence-corrected chi connectivity index (χ0v) is 13.3. The number of aromatic nitrogens is 1. The molecule has 1 aromatic heterocycles. The summed E-state index contributed by atoms with van der Waals surface area (Å²) in [4.78, 5) is 17.8. The van der Waals surface area contributed by atoms with Crippen LogP contribution in [0.2, 0.25) is 0 Å². The minimum Gasteiger partial charge on any atom is -0.507 e. The van der Waals surface area contributed by atoms with E-state index in [0.717, 1.165) is 19.4 Å². The van der Waals surface area contributed by atoms with Crippen LogP contribution in [0.25, 0.3) is 11.3 Å². The third-order valence-electron chi connectivity index (χ3n) is 4.41. The van der Waals surface area contributed by atoms with Gasteiger partial charge in [-0.15, -0.1) is 0 Å². The van der Waals surface area contributed by atoms with Crippen LogP contribution >= 0.6 is 0 Å². The van der Waals surface area contributed by atoms with Crippen molar-refractivity contribution in [1.82, 2.24) is 4.98 Å². The summed E-state index contributed by atoms with van der Waals surface area (Å²) in [7, 11) is 0. The Morgan fingerprint density at radius 3 is 2.75 bits per heavy atom. The fourth-order valence-corrected chi connectivity index (χ4v) is 3.08. The number of anilines is 3. The Morgan fingerprint density at radius 1 is 1.29 bits per heavy atom. The van der Waals surface area contributed by atoms with Crippen molar-refractivity contribution in [3.8, 4) is 17.0 Å². The Morgan fingerprint density at radius 2 is 2.04 bits per heavy atom. The van der Waals surface area contributed by atoms with Crippen molar-refractivity contribution in [2.45, 2.75) is 12.8 Å². The predicted molar refractivity (Wildman–Crippen MR) is 94.3 cm³/mol. The fourth-order valence-electron chi connectivity index (χ4n) is 3.08. The van der Waals surface area contributed by atoms with Crippen LogP contribution in [0.5, 0.6) is 5.75 Å². The van der Waals surface area contributed by atoms with Gasteiger partial charge < -0.3 is 27.2 Å². The van der Waals surface area contributed by atoms with Crippen LogP contribution in [0.4, 0.5) is 17.2 Å². The first-order valence-corrected chi connectivity index (χ1v) is 7.86. The first-order chi connectivity index (χ1) is 11.5. The van der Waals surface area contributed by atoms with E-state index in [2.05, 4.69) is 4.98 Å². The lowest BCUT2D eigenvalue weighted by atomic mass is 9.96. The number of nitrogens with two attached hydrogens (primary N) is 3. The van der Waals surface area contributed by atoms with Crippen molar-refractivity contribution in [2.24, 2.45) is 11.7 Å². The predicted octanol–water partition coefficient (Wildman–Crippen LogP) is 1.32. The Balaban J connectivity index is 2.02. The largest absolute Gasteiger partial charge is 0.507 e. The van der Waals surface area contributed by atoms with Crippen LogP contribution in [0, 0.1) is 5.92 Å². The van der Waals surface area contributed by atoms with Crippen LogP contribution in [-0.2, 0) is 4.79 Å². The SMILES string of the molecule is NC(=O)C1CCCN(c2cc(-c3ccccc3O)nc(N)c2N)C1. The lowest BCUT2D eigenvalue weighted by Gasteiger charge is -2.34.